The van der Waals surface area contributed by atoms with E-state index in [1.807, 2.05) is 4.90 Å². The molecule has 2 fully saturated rings. The minimum atomic E-state index is 0.269. The van der Waals surface area contributed by atoms with E-state index in [4.69, 9.17) is 0 Å². The molecule has 1 saturated carbocycles. The van der Waals surface area contributed by atoms with Gasteiger partial charge in [-0.25, -0.2) is 0 Å². The Bertz CT molecular complexity index is 411. The van der Waals surface area contributed by atoms with Crippen molar-refractivity contribution in [3.05, 3.63) is 12.4 Å². The van der Waals surface area contributed by atoms with Crippen molar-refractivity contribution >= 4 is 5.91 Å². The van der Waals surface area contributed by atoms with Crippen LogP contribution in [0.4, 0.5) is 0 Å². The lowest BCUT2D eigenvalue weighted by Gasteiger charge is -2.17. The highest BCUT2D eigenvalue weighted by Gasteiger charge is 2.28. The van der Waals surface area contributed by atoms with E-state index in [0.717, 1.165) is 38.3 Å². The molecular weight excluding hydrogens is 240 g/mol. The van der Waals surface area contributed by atoms with Gasteiger partial charge < -0.3 is 4.90 Å². The summed E-state index contributed by atoms with van der Waals surface area (Å²) in [6.45, 7) is 1.63. The highest BCUT2D eigenvalue weighted by atomic mass is 16.2. The number of rotatable bonds is 4. The molecule has 0 N–H and O–H groups in total. The van der Waals surface area contributed by atoms with Gasteiger partial charge in [-0.15, -0.1) is 0 Å². The number of nitrogens with zero attached hydrogens (tertiary/aromatic N) is 4. The van der Waals surface area contributed by atoms with Gasteiger partial charge in [0.25, 0.3) is 0 Å². The first kappa shape index (κ1) is 12.6. The van der Waals surface area contributed by atoms with E-state index in [2.05, 4.69) is 10.2 Å². The Kier molecular flexibility index (Phi) is 3.80. The number of likely N-dealkylation sites (tertiary alicyclic amines) is 1. The third kappa shape index (κ3) is 2.96. The molecule has 5 heteroatoms. The summed E-state index contributed by atoms with van der Waals surface area (Å²) in [7, 11) is 0. The molecule has 1 aliphatic carbocycles. The molecular formula is C14H22N4O. The van der Waals surface area contributed by atoms with Crippen molar-refractivity contribution in [1.29, 1.82) is 0 Å². The van der Waals surface area contributed by atoms with Gasteiger partial charge in [0.1, 0.15) is 0 Å². The average Bonchev–Trinajstić information content (AvgIpc) is 3.14. The number of carbonyl (C=O) groups excluding carboxylic acids is 1. The number of hydrogen-bond acceptors (Lipinski definition) is 3. The summed E-state index contributed by atoms with van der Waals surface area (Å²) >= 11 is 0. The standard InChI is InChI=1S/C14H22N4O/c19-14(6-5-12-3-1-2-4-12)17-10-7-13(11-17)18-15-8-9-16-18/h8-9,12-13H,1-7,10-11H2. The second-order valence-electron chi connectivity index (χ2n) is 5.82. The zero-order chi connectivity index (χ0) is 13.1. The number of hydrogen-bond donors (Lipinski definition) is 0. The Morgan fingerprint density at radius 1 is 1.16 bits per heavy atom. The minimum Gasteiger partial charge on any atom is -0.340 e. The molecule has 0 spiro atoms. The Labute approximate surface area is 114 Å². The molecule has 104 valence electrons. The average molecular weight is 262 g/mol. The van der Waals surface area contributed by atoms with Crippen LogP contribution >= 0.6 is 0 Å². The maximum Gasteiger partial charge on any atom is 0.222 e. The summed E-state index contributed by atoms with van der Waals surface area (Å²) in [5.41, 5.74) is 0. The van der Waals surface area contributed by atoms with Crippen molar-refractivity contribution in [2.75, 3.05) is 13.1 Å². The fraction of sp³-hybridized carbons (Fsp3) is 0.786. The van der Waals surface area contributed by atoms with Crippen LogP contribution in [0.25, 0.3) is 0 Å². The van der Waals surface area contributed by atoms with Crippen LogP contribution in [0.3, 0.4) is 0 Å². The summed E-state index contributed by atoms with van der Waals surface area (Å²) in [6.07, 6.45) is 11.5. The van der Waals surface area contributed by atoms with Crippen molar-refractivity contribution < 1.29 is 4.79 Å². The van der Waals surface area contributed by atoms with Crippen LogP contribution in [0.2, 0.25) is 0 Å². The normalized spacial score (nSPS) is 24.2. The fourth-order valence-corrected chi connectivity index (χ4v) is 3.36. The fourth-order valence-electron chi connectivity index (χ4n) is 3.36. The molecule has 1 aliphatic heterocycles. The summed E-state index contributed by atoms with van der Waals surface area (Å²) in [5, 5.41) is 8.34. The largest absolute Gasteiger partial charge is 0.340 e. The molecule has 19 heavy (non-hydrogen) atoms. The molecule has 5 nitrogen and oxygen atoms in total. The second-order valence-corrected chi connectivity index (χ2v) is 5.82. The van der Waals surface area contributed by atoms with Crippen molar-refractivity contribution in [2.45, 2.75) is 51.0 Å². The van der Waals surface area contributed by atoms with Crippen LogP contribution in [-0.4, -0.2) is 38.9 Å². The first-order valence-electron chi connectivity index (χ1n) is 7.46. The molecule has 0 bridgehead atoms. The van der Waals surface area contributed by atoms with Crippen LogP contribution < -0.4 is 0 Å². The van der Waals surface area contributed by atoms with Gasteiger partial charge in [-0.05, 0) is 18.8 Å². The maximum absolute atomic E-state index is 12.2. The lowest BCUT2D eigenvalue weighted by atomic mass is 10.0. The summed E-state index contributed by atoms with van der Waals surface area (Å²) < 4.78 is 0. The third-order valence-electron chi connectivity index (χ3n) is 4.52. The van der Waals surface area contributed by atoms with Crippen LogP contribution in [0.1, 0.15) is 51.0 Å². The van der Waals surface area contributed by atoms with Crippen LogP contribution in [0.15, 0.2) is 12.4 Å². The van der Waals surface area contributed by atoms with Gasteiger partial charge in [-0.2, -0.15) is 15.0 Å². The molecule has 3 rings (SSSR count). The number of aromatic nitrogens is 3. The quantitative estimate of drug-likeness (QED) is 0.834. The molecule has 1 amide bonds. The first-order valence-corrected chi connectivity index (χ1v) is 7.46. The lowest BCUT2D eigenvalue weighted by molar-refractivity contribution is -0.130. The predicted octanol–water partition coefficient (Wildman–Crippen LogP) is 2.02. The minimum absolute atomic E-state index is 0.269. The topological polar surface area (TPSA) is 51.0 Å². The van der Waals surface area contributed by atoms with Crippen LogP contribution in [-0.2, 0) is 4.79 Å². The first-order chi connectivity index (χ1) is 9.33. The molecule has 1 aromatic rings. The zero-order valence-corrected chi connectivity index (χ0v) is 11.4. The van der Waals surface area contributed by atoms with Gasteiger partial charge in [0.05, 0.1) is 18.4 Å². The van der Waals surface area contributed by atoms with Gasteiger partial charge in [-0.3, -0.25) is 4.79 Å². The Morgan fingerprint density at radius 2 is 1.89 bits per heavy atom. The van der Waals surface area contributed by atoms with Crippen molar-refractivity contribution in [1.82, 2.24) is 19.9 Å². The highest BCUT2D eigenvalue weighted by molar-refractivity contribution is 5.76. The molecule has 1 atom stereocenters. The van der Waals surface area contributed by atoms with E-state index in [1.165, 1.54) is 25.7 Å². The molecule has 1 aromatic heterocycles. The number of amides is 1. The van der Waals surface area contributed by atoms with Gasteiger partial charge in [0, 0.05) is 19.5 Å². The smallest absolute Gasteiger partial charge is 0.222 e. The van der Waals surface area contributed by atoms with Gasteiger partial charge in [0.2, 0.25) is 5.91 Å². The van der Waals surface area contributed by atoms with E-state index < -0.39 is 0 Å². The monoisotopic (exact) mass is 262 g/mol. The molecule has 1 unspecified atom stereocenters. The van der Waals surface area contributed by atoms with Crippen molar-refractivity contribution in [3.8, 4) is 0 Å². The van der Waals surface area contributed by atoms with Gasteiger partial charge in [0.15, 0.2) is 0 Å². The van der Waals surface area contributed by atoms with Crippen molar-refractivity contribution in [3.63, 3.8) is 0 Å². The van der Waals surface area contributed by atoms with Crippen LogP contribution in [0, 0.1) is 5.92 Å². The maximum atomic E-state index is 12.2. The molecule has 0 aromatic carbocycles. The van der Waals surface area contributed by atoms with E-state index >= 15 is 0 Å². The summed E-state index contributed by atoms with van der Waals surface area (Å²) in [5.74, 6) is 1.12. The Morgan fingerprint density at radius 3 is 2.63 bits per heavy atom. The molecule has 2 heterocycles. The Balaban J connectivity index is 1.46. The molecule has 0 radical (unpaired) electrons. The third-order valence-corrected chi connectivity index (χ3v) is 4.52. The lowest BCUT2D eigenvalue weighted by Crippen LogP contribution is -2.29. The second kappa shape index (κ2) is 5.72. The van der Waals surface area contributed by atoms with E-state index in [0.29, 0.717) is 5.91 Å². The number of carbonyl (C=O) groups is 1. The van der Waals surface area contributed by atoms with Crippen LogP contribution in [0.5, 0.6) is 0 Å². The van der Waals surface area contributed by atoms with E-state index in [-0.39, 0.29) is 6.04 Å². The highest BCUT2D eigenvalue weighted by Crippen LogP contribution is 2.29. The van der Waals surface area contributed by atoms with Gasteiger partial charge in [-0.1, -0.05) is 25.7 Å². The summed E-state index contributed by atoms with van der Waals surface area (Å²) in [4.78, 5) is 15.9. The molecule has 1 saturated heterocycles. The molecule has 2 aliphatic rings. The SMILES string of the molecule is O=C(CCC1CCCC1)N1CCC(n2nccn2)C1. The zero-order valence-electron chi connectivity index (χ0n) is 11.4. The van der Waals surface area contributed by atoms with E-state index in [1.54, 1.807) is 17.2 Å². The van der Waals surface area contributed by atoms with Gasteiger partial charge >= 0.3 is 0 Å². The predicted molar refractivity (Wildman–Crippen MR) is 71.4 cm³/mol. The Hall–Kier alpha value is -1.39. The summed E-state index contributed by atoms with van der Waals surface area (Å²) in [6, 6.07) is 0.269. The van der Waals surface area contributed by atoms with E-state index in [9.17, 15) is 4.79 Å². The van der Waals surface area contributed by atoms with Crippen molar-refractivity contribution in [2.24, 2.45) is 5.92 Å².